The van der Waals surface area contributed by atoms with Crippen molar-refractivity contribution in [3.63, 3.8) is 0 Å². The molecule has 1 aromatic carbocycles. The summed E-state index contributed by atoms with van der Waals surface area (Å²) in [4.78, 5) is 3.23. The van der Waals surface area contributed by atoms with E-state index in [1.165, 1.54) is 24.3 Å². The van der Waals surface area contributed by atoms with E-state index in [4.69, 9.17) is 0 Å². The third-order valence-corrected chi connectivity index (χ3v) is 3.17. The summed E-state index contributed by atoms with van der Waals surface area (Å²) in [5.74, 6) is -1.77. The summed E-state index contributed by atoms with van der Waals surface area (Å²) in [7, 11) is -3.17. The van der Waals surface area contributed by atoms with Gasteiger partial charge in [-0.05, 0) is 5.56 Å². The van der Waals surface area contributed by atoms with Crippen LogP contribution in [0.3, 0.4) is 0 Å². The Labute approximate surface area is 112 Å². The lowest BCUT2D eigenvalue weighted by molar-refractivity contribution is -0.159. The van der Waals surface area contributed by atoms with Crippen LogP contribution in [0.2, 0.25) is 0 Å². The van der Waals surface area contributed by atoms with Crippen LogP contribution in [0.4, 0.5) is 13.2 Å². The van der Waals surface area contributed by atoms with Gasteiger partial charge in [-0.15, -0.1) is 0 Å². The van der Waals surface area contributed by atoms with Gasteiger partial charge in [0.1, 0.15) is 0 Å². The lowest BCUT2D eigenvalue weighted by Crippen LogP contribution is -2.04. The van der Waals surface area contributed by atoms with Crippen molar-refractivity contribution in [2.24, 2.45) is 0 Å². The molecule has 0 amide bonds. The highest BCUT2D eigenvalue weighted by atomic mass is 32.2. The zero-order valence-corrected chi connectivity index (χ0v) is 11.0. The number of aromatic nitrogens is 2. The van der Waals surface area contributed by atoms with E-state index in [2.05, 4.69) is 14.7 Å². The average molecular weight is 306 g/mol. The molecule has 0 aliphatic rings. The molecule has 5 nitrogen and oxygen atoms in total. The minimum atomic E-state index is -4.69. The summed E-state index contributed by atoms with van der Waals surface area (Å²) in [6.45, 7) is 0. The van der Waals surface area contributed by atoms with Crippen LogP contribution in [0, 0.1) is 0 Å². The number of hydrogen-bond acceptors (Lipinski definition) is 5. The first-order valence-electron chi connectivity index (χ1n) is 5.33. The molecule has 108 valence electrons. The first-order valence-corrected chi connectivity index (χ1v) is 7.39. The molecule has 9 heteroatoms. The maximum Gasteiger partial charge on any atom is 0.471 e. The number of rotatable bonds is 3. The van der Waals surface area contributed by atoms with Crippen LogP contribution >= 0.6 is 0 Å². The van der Waals surface area contributed by atoms with Crippen molar-refractivity contribution in [1.82, 2.24) is 10.1 Å². The van der Waals surface area contributed by atoms with E-state index in [1.807, 2.05) is 0 Å². The van der Waals surface area contributed by atoms with Crippen LogP contribution in [-0.4, -0.2) is 24.8 Å². The second-order valence-corrected chi connectivity index (χ2v) is 6.33. The number of sulfone groups is 1. The van der Waals surface area contributed by atoms with Gasteiger partial charge in [-0.2, -0.15) is 18.2 Å². The van der Waals surface area contributed by atoms with Gasteiger partial charge in [0.05, 0.1) is 5.75 Å². The SMILES string of the molecule is CS(=O)(=O)Cc1ccc(-c2noc(C(F)(F)F)n2)cc1. The molecule has 0 aliphatic carbocycles. The molecule has 0 spiro atoms. The lowest BCUT2D eigenvalue weighted by Gasteiger charge is -2.00. The highest BCUT2D eigenvalue weighted by Crippen LogP contribution is 2.29. The number of halogens is 3. The molecule has 0 unspecified atom stereocenters. The van der Waals surface area contributed by atoms with Crippen molar-refractivity contribution >= 4 is 9.84 Å². The van der Waals surface area contributed by atoms with Crippen molar-refractivity contribution in [1.29, 1.82) is 0 Å². The molecule has 0 bridgehead atoms. The monoisotopic (exact) mass is 306 g/mol. The Morgan fingerprint density at radius 2 is 1.80 bits per heavy atom. The molecule has 0 radical (unpaired) electrons. The molecule has 20 heavy (non-hydrogen) atoms. The molecule has 1 heterocycles. The standard InChI is InChI=1S/C11H9F3N2O3S/c1-20(17,18)6-7-2-4-8(5-3-7)9-15-10(19-16-9)11(12,13)14/h2-5H,6H2,1H3. The fourth-order valence-corrected chi connectivity index (χ4v) is 2.31. The molecular formula is C11H9F3N2O3S. The van der Waals surface area contributed by atoms with Crippen LogP contribution in [-0.2, 0) is 21.8 Å². The molecule has 0 saturated heterocycles. The number of alkyl halides is 3. The first-order chi connectivity index (χ1) is 9.15. The summed E-state index contributed by atoms with van der Waals surface area (Å²) in [6, 6.07) is 5.84. The van der Waals surface area contributed by atoms with Gasteiger partial charge >= 0.3 is 12.1 Å². The predicted molar refractivity (Wildman–Crippen MR) is 63.3 cm³/mol. The van der Waals surface area contributed by atoms with Crippen molar-refractivity contribution in [3.8, 4) is 11.4 Å². The lowest BCUT2D eigenvalue weighted by atomic mass is 10.1. The van der Waals surface area contributed by atoms with Crippen LogP contribution in [0.25, 0.3) is 11.4 Å². The average Bonchev–Trinajstić information content (AvgIpc) is 2.76. The van der Waals surface area contributed by atoms with Crippen molar-refractivity contribution < 1.29 is 26.1 Å². The Morgan fingerprint density at radius 1 is 1.20 bits per heavy atom. The van der Waals surface area contributed by atoms with Crippen LogP contribution in [0.15, 0.2) is 28.8 Å². The largest absolute Gasteiger partial charge is 0.471 e. The zero-order chi connectivity index (χ0) is 15.0. The zero-order valence-electron chi connectivity index (χ0n) is 10.2. The van der Waals surface area contributed by atoms with Gasteiger partial charge in [0.2, 0.25) is 5.82 Å². The van der Waals surface area contributed by atoms with Gasteiger partial charge in [0.25, 0.3) is 0 Å². The molecule has 0 fully saturated rings. The fourth-order valence-electron chi connectivity index (χ4n) is 1.51. The number of nitrogens with zero attached hydrogens (tertiary/aromatic N) is 2. The van der Waals surface area contributed by atoms with Gasteiger partial charge in [-0.25, -0.2) is 8.42 Å². The third-order valence-electron chi connectivity index (χ3n) is 2.31. The smallest absolute Gasteiger partial charge is 0.329 e. The van der Waals surface area contributed by atoms with Crippen molar-refractivity contribution in [3.05, 3.63) is 35.7 Å². The van der Waals surface area contributed by atoms with Gasteiger partial charge < -0.3 is 4.52 Å². The summed E-state index contributed by atoms with van der Waals surface area (Å²) in [5, 5.41) is 3.23. The van der Waals surface area contributed by atoms with Gasteiger partial charge in [0.15, 0.2) is 9.84 Å². The van der Waals surface area contributed by atoms with E-state index >= 15 is 0 Å². The topological polar surface area (TPSA) is 73.1 Å². The van der Waals surface area contributed by atoms with E-state index in [0.717, 1.165) is 6.26 Å². The Hall–Kier alpha value is -1.90. The van der Waals surface area contributed by atoms with Crippen LogP contribution in [0.1, 0.15) is 11.5 Å². The quantitative estimate of drug-likeness (QED) is 0.870. The second-order valence-electron chi connectivity index (χ2n) is 4.19. The number of benzene rings is 1. The van der Waals surface area contributed by atoms with E-state index in [9.17, 15) is 21.6 Å². The van der Waals surface area contributed by atoms with Gasteiger partial charge in [-0.3, -0.25) is 0 Å². The second kappa shape index (κ2) is 4.89. The van der Waals surface area contributed by atoms with E-state index in [1.54, 1.807) is 0 Å². The predicted octanol–water partition coefficient (Wildman–Crippen LogP) is 2.30. The minimum Gasteiger partial charge on any atom is -0.329 e. The first kappa shape index (κ1) is 14.5. The molecule has 0 N–H and O–H groups in total. The van der Waals surface area contributed by atoms with Crippen LogP contribution < -0.4 is 0 Å². The van der Waals surface area contributed by atoms with Crippen LogP contribution in [0.5, 0.6) is 0 Å². The normalized spacial score (nSPS) is 12.6. The highest BCUT2D eigenvalue weighted by Gasteiger charge is 2.38. The maximum absolute atomic E-state index is 12.3. The molecule has 0 saturated carbocycles. The van der Waals surface area contributed by atoms with Crippen molar-refractivity contribution in [2.75, 3.05) is 6.26 Å². The molecule has 1 aromatic heterocycles. The van der Waals surface area contributed by atoms with E-state index in [-0.39, 0.29) is 11.6 Å². The molecule has 2 aromatic rings. The highest BCUT2D eigenvalue weighted by molar-refractivity contribution is 7.89. The molecule has 2 rings (SSSR count). The summed E-state index contributed by atoms with van der Waals surface area (Å²) in [6.07, 6.45) is -3.60. The Balaban J connectivity index is 2.24. The van der Waals surface area contributed by atoms with E-state index < -0.39 is 21.9 Å². The van der Waals surface area contributed by atoms with Crippen molar-refractivity contribution in [2.45, 2.75) is 11.9 Å². The summed E-state index contributed by atoms with van der Waals surface area (Å²) >= 11 is 0. The van der Waals surface area contributed by atoms with E-state index in [0.29, 0.717) is 11.1 Å². The fraction of sp³-hybridized carbons (Fsp3) is 0.273. The summed E-state index contributed by atoms with van der Waals surface area (Å²) < 4.78 is 63.2. The third kappa shape index (κ3) is 3.56. The Kier molecular flexibility index (Phi) is 3.55. The van der Waals surface area contributed by atoms with Gasteiger partial charge in [0, 0.05) is 11.8 Å². The minimum absolute atomic E-state index is 0.146. The molecular weight excluding hydrogens is 297 g/mol. The summed E-state index contributed by atoms with van der Waals surface area (Å²) in [5.41, 5.74) is 0.831. The number of hydrogen-bond donors (Lipinski definition) is 0. The molecule has 0 atom stereocenters. The Bertz CT molecular complexity index is 705. The maximum atomic E-state index is 12.3. The van der Waals surface area contributed by atoms with Gasteiger partial charge in [-0.1, -0.05) is 29.4 Å². The Morgan fingerprint density at radius 3 is 2.25 bits per heavy atom. The molecule has 0 aliphatic heterocycles.